The minimum absolute atomic E-state index is 0.0547. The van der Waals surface area contributed by atoms with Crippen LogP contribution in [0.3, 0.4) is 0 Å². The van der Waals surface area contributed by atoms with Crippen LogP contribution >= 0.6 is 11.6 Å². The van der Waals surface area contributed by atoms with Gasteiger partial charge in [-0.3, -0.25) is 0 Å². The number of nitrogens with zero attached hydrogens (tertiary/aromatic N) is 2. The van der Waals surface area contributed by atoms with Crippen LogP contribution in [-0.2, 0) is 0 Å². The normalized spacial score (nSPS) is 10.9. The quantitative estimate of drug-likeness (QED) is 0.903. The molecule has 0 fully saturated rings. The average Bonchev–Trinajstić information content (AvgIpc) is 2.33. The van der Waals surface area contributed by atoms with E-state index in [4.69, 9.17) is 17.3 Å². The average molecular weight is 299 g/mol. The van der Waals surface area contributed by atoms with E-state index in [1.807, 2.05) is 13.8 Å². The molecule has 0 atom stereocenters. The number of nitrogens with one attached hydrogen (secondary N) is 1. The summed E-state index contributed by atoms with van der Waals surface area (Å²) in [6, 6.07) is 3.20. The van der Waals surface area contributed by atoms with E-state index in [9.17, 15) is 8.78 Å². The highest BCUT2D eigenvalue weighted by Gasteiger charge is 2.13. The number of nitrogens with two attached hydrogens (primary N) is 1. The maximum absolute atomic E-state index is 13.7. The third-order valence-corrected chi connectivity index (χ3v) is 2.84. The molecule has 1 aromatic carbocycles. The third-order valence-electron chi connectivity index (χ3n) is 2.54. The highest BCUT2D eigenvalue weighted by atomic mass is 35.5. The van der Waals surface area contributed by atoms with Gasteiger partial charge in [0, 0.05) is 18.1 Å². The summed E-state index contributed by atoms with van der Waals surface area (Å²) in [5.74, 6) is -0.418. The van der Waals surface area contributed by atoms with Crippen molar-refractivity contribution in [3.05, 3.63) is 40.7 Å². The highest BCUT2D eigenvalue weighted by Crippen LogP contribution is 2.29. The first-order valence-corrected chi connectivity index (χ1v) is 6.30. The van der Waals surface area contributed by atoms with Gasteiger partial charge in [-0.25, -0.2) is 18.7 Å². The van der Waals surface area contributed by atoms with Crippen LogP contribution in [-0.4, -0.2) is 9.97 Å². The fourth-order valence-corrected chi connectivity index (χ4v) is 1.84. The third kappa shape index (κ3) is 3.14. The Kier molecular flexibility index (Phi) is 4.04. The first kappa shape index (κ1) is 14.5. The summed E-state index contributed by atoms with van der Waals surface area (Å²) in [6.45, 7) is 3.81. The molecule has 106 valence electrons. The molecular formula is C13H13ClF2N4. The zero-order valence-corrected chi connectivity index (χ0v) is 11.7. The van der Waals surface area contributed by atoms with Crippen LogP contribution in [0.1, 0.15) is 25.6 Å². The maximum atomic E-state index is 13.7. The fraction of sp³-hybridized carbons (Fsp3) is 0.231. The van der Waals surface area contributed by atoms with Gasteiger partial charge in [-0.1, -0.05) is 25.4 Å². The summed E-state index contributed by atoms with van der Waals surface area (Å²) in [4.78, 5) is 8.29. The molecule has 0 aliphatic heterocycles. The van der Waals surface area contributed by atoms with Crippen molar-refractivity contribution in [1.82, 2.24) is 9.97 Å². The number of rotatable bonds is 3. The molecule has 0 radical (unpaired) electrons. The zero-order valence-electron chi connectivity index (χ0n) is 10.9. The number of anilines is 3. The molecule has 4 nitrogen and oxygen atoms in total. The molecule has 0 aliphatic carbocycles. The number of hydrogen-bond acceptors (Lipinski definition) is 4. The molecule has 0 bridgehead atoms. The number of benzene rings is 1. The van der Waals surface area contributed by atoms with Gasteiger partial charge >= 0.3 is 0 Å². The first-order chi connectivity index (χ1) is 9.36. The number of halogens is 3. The lowest BCUT2D eigenvalue weighted by Crippen LogP contribution is -2.06. The summed E-state index contributed by atoms with van der Waals surface area (Å²) in [7, 11) is 0. The Labute approximate surface area is 120 Å². The van der Waals surface area contributed by atoms with Crippen molar-refractivity contribution >= 4 is 28.9 Å². The molecule has 0 aliphatic rings. The molecular weight excluding hydrogens is 286 g/mol. The Morgan fingerprint density at radius 1 is 1.20 bits per heavy atom. The Bertz CT molecular complexity index is 623. The molecule has 2 aromatic rings. The summed E-state index contributed by atoms with van der Waals surface area (Å²) in [5.41, 5.74) is 5.62. The Hall–Kier alpha value is -1.95. The second kappa shape index (κ2) is 5.58. The van der Waals surface area contributed by atoms with Crippen LogP contribution in [0.4, 0.5) is 26.1 Å². The predicted molar refractivity (Wildman–Crippen MR) is 75.2 cm³/mol. The smallest absolute Gasteiger partial charge is 0.151 e. The van der Waals surface area contributed by atoms with Crippen LogP contribution < -0.4 is 11.1 Å². The van der Waals surface area contributed by atoms with Crippen molar-refractivity contribution < 1.29 is 8.78 Å². The molecule has 7 heteroatoms. The van der Waals surface area contributed by atoms with Crippen LogP contribution in [0.25, 0.3) is 0 Å². The molecule has 0 saturated carbocycles. The summed E-state index contributed by atoms with van der Waals surface area (Å²) in [5, 5.41) is 2.62. The second-order valence-electron chi connectivity index (χ2n) is 4.56. The van der Waals surface area contributed by atoms with Gasteiger partial charge in [-0.05, 0) is 6.07 Å². The van der Waals surface area contributed by atoms with Gasteiger partial charge < -0.3 is 11.1 Å². The SMILES string of the molecule is CC(C)c1nc(N)cc(Nc2c(F)cc(F)cc2Cl)n1. The van der Waals surface area contributed by atoms with Crippen LogP contribution in [0.15, 0.2) is 18.2 Å². The molecule has 20 heavy (non-hydrogen) atoms. The largest absolute Gasteiger partial charge is 0.384 e. The topological polar surface area (TPSA) is 63.8 Å². The predicted octanol–water partition coefficient (Wildman–Crippen LogP) is 3.86. The molecule has 0 spiro atoms. The molecule has 3 N–H and O–H groups in total. The van der Waals surface area contributed by atoms with Gasteiger partial charge in [0.25, 0.3) is 0 Å². The van der Waals surface area contributed by atoms with E-state index in [0.717, 1.165) is 12.1 Å². The molecule has 1 aromatic heterocycles. The lowest BCUT2D eigenvalue weighted by Gasteiger charge is -2.12. The van der Waals surface area contributed by atoms with Crippen molar-refractivity contribution in [3.8, 4) is 0 Å². The molecule has 0 amide bonds. The molecule has 0 unspecified atom stereocenters. The van der Waals surface area contributed by atoms with Crippen molar-refractivity contribution in [2.75, 3.05) is 11.1 Å². The Morgan fingerprint density at radius 3 is 2.50 bits per heavy atom. The Balaban J connectivity index is 2.40. The number of nitrogen functional groups attached to an aromatic ring is 1. The number of hydrogen-bond donors (Lipinski definition) is 2. The standard InChI is InChI=1S/C13H13ClF2N4/c1-6(2)13-18-10(17)5-11(20-13)19-12-8(14)3-7(15)4-9(12)16/h3-6H,1-2H3,(H3,17,18,19,20). The van der Waals surface area contributed by atoms with E-state index in [0.29, 0.717) is 11.6 Å². The highest BCUT2D eigenvalue weighted by molar-refractivity contribution is 6.33. The van der Waals surface area contributed by atoms with Gasteiger partial charge in [0.1, 0.15) is 23.3 Å². The minimum atomic E-state index is -0.807. The lowest BCUT2D eigenvalue weighted by atomic mass is 10.2. The monoisotopic (exact) mass is 298 g/mol. The number of aromatic nitrogens is 2. The van der Waals surface area contributed by atoms with Crippen LogP contribution in [0.5, 0.6) is 0 Å². The van der Waals surface area contributed by atoms with Gasteiger partial charge in [0.15, 0.2) is 5.82 Å². The van der Waals surface area contributed by atoms with E-state index < -0.39 is 11.6 Å². The first-order valence-electron chi connectivity index (χ1n) is 5.93. The Morgan fingerprint density at radius 2 is 1.90 bits per heavy atom. The molecule has 2 rings (SSSR count). The van der Waals surface area contributed by atoms with Gasteiger partial charge in [0.05, 0.1) is 10.7 Å². The van der Waals surface area contributed by atoms with Crippen molar-refractivity contribution in [1.29, 1.82) is 0 Å². The van der Waals surface area contributed by atoms with E-state index >= 15 is 0 Å². The summed E-state index contributed by atoms with van der Waals surface area (Å²) >= 11 is 5.81. The van der Waals surface area contributed by atoms with E-state index in [1.165, 1.54) is 6.07 Å². The minimum Gasteiger partial charge on any atom is -0.384 e. The van der Waals surface area contributed by atoms with Crippen LogP contribution in [0.2, 0.25) is 5.02 Å². The molecule has 0 saturated heterocycles. The van der Waals surface area contributed by atoms with Gasteiger partial charge in [-0.15, -0.1) is 0 Å². The van der Waals surface area contributed by atoms with Gasteiger partial charge in [-0.2, -0.15) is 0 Å². The summed E-state index contributed by atoms with van der Waals surface area (Å²) in [6.07, 6.45) is 0. The lowest BCUT2D eigenvalue weighted by molar-refractivity contribution is 0.586. The molecule has 1 heterocycles. The summed E-state index contributed by atoms with van der Waals surface area (Å²) < 4.78 is 26.7. The van der Waals surface area contributed by atoms with Gasteiger partial charge in [0.2, 0.25) is 0 Å². The van der Waals surface area contributed by atoms with E-state index in [-0.39, 0.29) is 22.4 Å². The van der Waals surface area contributed by atoms with Crippen molar-refractivity contribution in [2.45, 2.75) is 19.8 Å². The fourth-order valence-electron chi connectivity index (χ4n) is 1.60. The van der Waals surface area contributed by atoms with Crippen molar-refractivity contribution in [3.63, 3.8) is 0 Å². The van der Waals surface area contributed by atoms with Crippen molar-refractivity contribution in [2.24, 2.45) is 0 Å². The van der Waals surface area contributed by atoms with E-state index in [1.54, 1.807) is 0 Å². The maximum Gasteiger partial charge on any atom is 0.151 e. The van der Waals surface area contributed by atoms with Crippen LogP contribution in [0, 0.1) is 11.6 Å². The zero-order chi connectivity index (χ0) is 14.9. The second-order valence-corrected chi connectivity index (χ2v) is 4.97. The van der Waals surface area contributed by atoms with E-state index in [2.05, 4.69) is 15.3 Å².